The Morgan fingerprint density at radius 3 is 2.65 bits per heavy atom. The Labute approximate surface area is 155 Å². The van der Waals surface area contributed by atoms with Crippen LogP contribution in [0.4, 0.5) is 0 Å². The van der Waals surface area contributed by atoms with Gasteiger partial charge in [-0.15, -0.1) is 0 Å². The highest BCUT2D eigenvalue weighted by atomic mass is 16.5. The van der Waals surface area contributed by atoms with Crippen LogP contribution in [0, 0.1) is 5.92 Å². The normalized spacial score (nSPS) is 17.9. The van der Waals surface area contributed by atoms with E-state index in [1.54, 1.807) is 6.20 Å². The molecule has 1 saturated heterocycles. The molecule has 1 aromatic heterocycles. The van der Waals surface area contributed by atoms with Gasteiger partial charge in [-0.2, -0.15) is 0 Å². The highest BCUT2D eigenvalue weighted by Gasteiger charge is 2.20. The molecule has 26 heavy (non-hydrogen) atoms. The molecule has 4 nitrogen and oxygen atoms in total. The molecule has 134 valence electrons. The van der Waals surface area contributed by atoms with Crippen LogP contribution in [0.2, 0.25) is 0 Å². The lowest BCUT2D eigenvalue weighted by Gasteiger charge is -2.32. The van der Waals surface area contributed by atoms with Crippen molar-refractivity contribution < 1.29 is 4.74 Å². The van der Waals surface area contributed by atoms with E-state index in [9.17, 15) is 0 Å². The largest absolute Gasteiger partial charge is 0.493 e. The van der Waals surface area contributed by atoms with Gasteiger partial charge in [-0.3, -0.25) is 4.90 Å². The average Bonchev–Trinajstić information content (AvgIpc) is 3.23. The van der Waals surface area contributed by atoms with E-state index < -0.39 is 0 Å². The molecule has 3 aromatic rings. The van der Waals surface area contributed by atoms with Crippen molar-refractivity contribution in [1.82, 2.24) is 14.5 Å². The van der Waals surface area contributed by atoms with Crippen LogP contribution in [-0.2, 0) is 6.54 Å². The third-order valence-corrected chi connectivity index (χ3v) is 4.98. The molecule has 1 unspecified atom stereocenters. The number of piperidine rings is 1. The monoisotopic (exact) mass is 347 g/mol. The fraction of sp³-hybridized carbons (Fsp3) is 0.318. The summed E-state index contributed by atoms with van der Waals surface area (Å²) < 4.78 is 8.00. The SMILES string of the molecule is c1ccc(OCC2CCCN(Cc3ccc(-n4ccnc4)cc3)C2)cc1. The summed E-state index contributed by atoms with van der Waals surface area (Å²) in [7, 11) is 0. The first-order chi connectivity index (χ1) is 12.9. The molecule has 1 fully saturated rings. The van der Waals surface area contributed by atoms with E-state index in [1.807, 2.05) is 47.4 Å². The topological polar surface area (TPSA) is 30.3 Å². The fourth-order valence-electron chi connectivity index (χ4n) is 3.61. The van der Waals surface area contributed by atoms with Gasteiger partial charge >= 0.3 is 0 Å². The number of benzene rings is 2. The first-order valence-corrected chi connectivity index (χ1v) is 9.34. The number of hydrogen-bond donors (Lipinski definition) is 0. The number of likely N-dealkylation sites (tertiary alicyclic amines) is 1. The zero-order chi connectivity index (χ0) is 17.6. The van der Waals surface area contributed by atoms with Gasteiger partial charge in [-0.1, -0.05) is 30.3 Å². The smallest absolute Gasteiger partial charge is 0.119 e. The first kappa shape index (κ1) is 16.9. The summed E-state index contributed by atoms with van der Waals surface area (Å²) in [6.45, 7) is 4.09. The maximum Gasteiger partial charge on any atom is 0.119 e. The summed E-state index contributed by atoms with van der Waals surface area (Å²) in [5.41, 5.74) is 2.51. The van der Waals surface area contributed by atoms with Crippen LogP contribution < -0.4 is 4.74 Å². The van der Waals surface area contributed by atoms with Gasteiger partial charge in [-0.05, 0) is 49.2 Å². The highest BCUT2D eigenvalue weighted by Crippen LogP contribution is 2.21. The summed E-state index contributed by atoms with van der Waals surface area (Å²) in [4.78, 5) is 6.66. The van der Waals surface area contributed by atoms with E-state index in [4.69, 9.17) is 4.74 Å². The Morgan fingerprint density at radius 1 is 1.04 bits per heavy atom. The number of rotatable bonds is 6. The van der Waals surface area contributed by atoms with E-state index in [0.717, 1.165) is 31.1 Å². The van der Waals surface area contributed by atoms with E-state index in [-0.39, 0.29) is 0 Å². The second-order valence-corrected chi connectivity index (χ2v) is 7.00. The van der Waals surface area contributed by atoms with Crippen LogP contribution >= 0.6 is 0 Å². The third-order valence-electron chi connectivity index (χ3n) is 4.98. The number of imidazole rings is 1. The maximum absolute atomic E-state index is 5.97. The zero-order valence-corrected chi connectivity index (χ0v) is 15.0. The molecular formula is C22H25N3O. The lowest BCUT2D eigenvalue weighted by molar-refractivity contribution is 0.125. The molecule has 0 spiro atoms. The van der Waals surface area contributed by atoms with Crippen LogP contribution in [0.3, 0.4) is 0 Å². The van der Waals surface area contributed by atoms with Crippen molar-refractivity contribution in [1.29, 1.82) is 0 Å². The predicted octanol–water partition coefficient (Wildman–Crippen LogP) is 4.16. The Morgan fingerprint density at radius 2 is 1.88 bits per heavy atom. The van der Waals surface area contributed by atoms with Crippen LogP contribution in [-0.4, -0.2) is 34.1 Å². The number of aromatic nitrogens is 2. The molecule has 2 aromatic carbocycles. The summed E-state index contributed by atoms with van der Waals surface area (Å²) in [6.07, 6.45) is 8.10. The van der Waals surface area contributed by atoms with Crippen molar-refractivity contribution >= 4 is 0 Å². The van der Waals surface area contributed by atoms with Crippen molar-refractivity contribution in [3.05, 3.63) is 78.9 Å². The van der Waals surface area contributed by atoms with Crippen molar-refractivity contribution in [2.45, 2.75) is 19.4 Å². The van der Waals surface area contributed by atoms with Gasteiger partial charge in [0.25, 0.3) is 0 Å². The minimum Gasteiger partial charge on any atom is -0.493 e. The molecule has 0 amide bonds. The molecular weight excluding hydrogens is 322 g/mol. The second kappa shape index (κ2) is 8.19. The molecule has 0 N–H and O–H groups in total. The van der Waals surface area contributed by atoms with Gasteiger partial charge in [0.15, 0.2) is 0 Å². The summed E-state index contributed by atoms with van der Waals surface area (Å²) in [6, 6.07) is 18.9. The second-order valence-electron chi connectivity index (χ2n) is 7.00. The number of para-hydroxylation sites is 1. The predicted molar refractivity (Wildman–Crippen MR) is 104 cm³/mol. The van der Waals surface area contributed by atoms with Crippen molar-refractivity contribution in [3.8, 4) is 11.4 Å². The Bertz CT molecular complexity index is 784. The van der Waals surface area contributed by atoms with Crippen LogP contribution in [0.15, 0.2) is 73.3 Å². The van der Waals surface area contributed by atoms with Gasteiger partial charge in [0.2, 0.25) is 0 Å². The van der Waals surface area contributed by atoms with Gasteiger partial charge in [0.1, 0.15) is 5.75 Å². The lowest BCUT2D eigenvalue weighted by atomic mass is 9.98. The Balaban J connectivity index is 1.30. The number of hydrogen-bond acceptors (Lipinski definition) is 3. The summed E-state index contributed by atoms with van der Waals surface area (Å²) in [5, 5.41) is 0. The van der Waals surface area contributed by atoms with E-state index >= 15 is 0 Å². The summed E-state index contributed by atoms with van der Waals surface area (Å²) >= 11 is 0. The van der Waals surface area contributed by atoms with E-state index in [1.165, 1.54) is 24.9 Å². The molecule has 0 radical (unpaired) electrons. The van der Waals surface area contributed by atoms with Gasteiger partial charge in [0, 0.05) is 37.1 Å². The van der Waals surface area contributed by atoms with Crippen molar-refractivity contribution in [2.24, 2.45) is 5.92 Å². The lowest BCUT2D eigenvalue weighted by Crippen LogP contribution is -2.37. The standard InChI is InChI=1S/C22H25N3O/c1-2-6-22(7-3-1)26-17-20-5-4-13-24(16-20)15-19-8-10-21(11-9-19)25-14-12-23-18-25/h1-3,6-12,14,18,20H,4-5,13,15-17H2. The average molecular weight is 347 g/mol. The molecule has 0 saturated carbocycles. The molecule has 1 atom stereocenters. The maximum atomic E-state index is 5.97. The highest BCUT2D eigenvalue weighted by molar-refractivity contribution is 5.34. The number of ether oxygens (including phenoxy) is 1. The zero-order valence-electron chi connectivity index (χ0n) is 15.0. The van der Waals surface area contributed by atoms with Gasteiger partial charge < -0.3 is 9.30 Å². The molecule has 2 heterocycles. The Hall–Kier alpha value is -2.59. The van der Waals surface area contributed by atoms with Gasteiger partial charge in [0.05, 0.1) is 12.9 Å². The molecule has 4 rings (SSSR count). The summed E-state index contributed by atoms with van der Waals surface area (Å²) in [5.74, 6) is 1.58. The molecule has 1 aliphatic rings. The van der Waals surface area contributed by atoms with Crippen LogP contribution in [0.25, 0.3) is 5.69 Å². The third kappa shape index (κ3) is 4.33. The molecule has 4 heteroatoms. The van der Waals surface area contributed by atoms with E-state index in [0.29, 0.717) is 5.92 Å². The molecule has 1 aliphatic heterocycles. The minimum absolute atomic E-state index is 0.606. The first-order valence-electron chi connectivity index (χ1n) is 9.34. The minimum atomic E-state index is 0.606. The molecule has 0 bridgehead atoms. The molecule has 0 aliphatic carbocycles. The van der Waals surface area contributed by atoms with E-state index in [2.05, 4.69) is 34.1 Å². The quantitative estimate of drug-likeness (QED) is 0.671. The van der Waals surface area contributed by atoms with Gasteiger partial charge in [-0.25, -0.2) is 4.98 Å². The fourth-order valence-corrected chi connectivity index (χ4v) is 3.61. The van der Waals surface area contributed by atoms with Crippen molar-refractivity contribution in [3.63, 3.8) is 0 Å². The number of nitrogens with zero attached hydrogens (tertiary/aromatic N) is 3. The van der Waals surface area contributed by atoms with Crippen LogP contribution in [0.5, 0.6) is 5.75 Å². The Kier molecular flexibility index (Phi) is 5.31. The van der Waals surface area contributed by atoms with Crippen molar-refractivity contribution in [2.75, 3.05) is 19.7 Å². The van der Waals surface area contributed by atoms with Crippen LogP contribution in [0.1, 0.15) is 18.4 Å².